The average Bonchev–Trinajstić information content (AvgIpc) is 3.41. The summed E-state index contributed by atoms with van der Waals surface area (Å²) in [5.41, 5.74) is 1.68. The molecule has 2 atom stereocenters. The Balaban J connectivity index is 1.34. The Kier molecular flexibility index (Phi) is 7.95. The molecule has 0 bridgehead atoms. The van der Waals surface area contributed by atoms with Crippen molar-refractivity contribution in [2.75, 3.05) is 24.3 Å². The number of carbonyl (C=O) groups is 2. The standard InChI is InChI=1S/C30H26ClFN4O4/c1-40-23-17-27(36(18-23)30(39)33-21-11-9-20(31)10-12-21)28(37)34-26-14-13-22(16-25(26)32)35-15-5-8-24(29(35)38)19-6-3-2-4-7-19/h2-16,23,27H,17-18H2,1H3,(H,33,39)(H,34,37)/t23-,27-/m1/s1. The number of likely N-dealkylation sites (tertiary alicyclic amines) is 1. The first-order valence-corrected chi connectivity index (χ1v) is 13.0. The van der Waals surface area contributed by atoms with Gasteiger partial charge in [0.25, 0.3) is 5.56 Å². The van der Waals surface area contributed by atoms with Gasteiger partial charge in [-0.25, -0.2) is 9.18 Å². The van der Waals surface area contributed by atoms with Crippen LogP contribution in [0, 0.1) is 5.82 Å². The number of nitrogens with one attached hydrogen (secondary N) is 2. The fourth-order valence-corrected chi connectivity index (χ4v) is 4.80. The van der Waals surface area contributed by atoms with Gasteiger partial charge in [0.05, 0.1) is 17.5 Å². The van der Waals surface area contributed by atoms with Crippen LogP contribution in [0.4, 0.5) is 20.6 Å². The number of halogens is 2. The van der Waals surface area contributed by atoms with Gasteiger partial charge in [-0.2, -0.15) is 0 Å². The van der Waals surface area contributed by atoms with Gasteiger partial charge in [-0.3, -0.25) is 14.2 Å². The fourth-order valence-electron chi connectivity index (χ4n) is 4.68. The maximum atomic E-state index is 15.2. The summed E-state index contributed by atoms with van der Waals surface area (Å²) in [7, 11) is 1.51. The number of carbonyl (C=O) groups excluding carboxylic acids is 2. The van der Waals surface area contributed by atoms with Gasteiger partial charge >= 0.3 is 6.03 Å². The summed E-state index contributed by atoms with van der Waals surface area (Å²) in [5.74, 6) is -1.28. The third-order valence-corrected chi connectivity index (χ3v) is 7.03. The molecule has 0 aliphatic carbocycles. The van der Waals surface area contributed by atoms with E-state index in [0.717, 1.165) is 5.56 Å². The van der Waals surface area contributed by atoms with Gasteiger partial charge in [0.2, 0.25) is 5.91 Å². The second kappa shape index (κ2) is 11.7. The first-order valence-electron chi connectivity index (χ1n) is 12.6. The van der Waals surface area contributed by atoms with Crippen molar-refractivity contribution in [2.24, 2.45) is 0 Å². The molecule has 40 heavy (non-hydrogen) atoms. The van der Waals surface area contributed by atoms with Crippen molar-refractivity contribution in [1.29, 1.82) is 0 Å². The highest BCUT2D eigenvalue weighted by molar-refractivity contribution is 6.30. The second-order valence-corrected chi connectivity index (χ2v) is 9.75. The molecule has 4 aromatic rings. The minimum absolute atomic E-state index is 0.0695. The van der Waals surface area contributed by atoms with E-state index < -0.39 is 23.8 Å². The van der Waals surface area contributed by atoms with E-state index in [1.165, 1.54) is 28.7 Å². The van der Waals surface area contributed by atoms with Crippen molar-refractivity contribution in [2.45, 2.75) is 18.6 Å². The zero-order chi connectivity index (χ0) is 28.2. The van der Waals surface area contributed by atoms with E-state index in [1.54, 1.807) is 48.7 Å². The molecule has 1 aromatic heterocycles. The zero-order valence-corrected chi connectivity index (χ0v) is 22.3. The minimum Gasteiger partial charge on any atom is -0.380 e. The van der Waals surface area contributed by atoms with Crippen LogP contribution in [0.2, 0.25) is 5.02 Å². The number of anilines is 2. The Morgan fingerprint density at radius 1 is 0.975 bits per heavy atom. The number of urea groups is 1. The number of rotatable bonds is 6. The van der Waals surface area contributed by atoms with Gasteiger partial charge in [-0.05, 0) is 54.1 Å². The maximum Gasteiger partial charge on any atom is 0.322 e. The Morgan fingerprint density at radius 2 is 1.73 bits per heavy atom. The number of benzene rings is 3. The number of ether oxygens (including phenoxy) is 1. The average molecular weight is 561 g/mol. The normalized spacial score (nSPS) is 16.5. The van der Waals surface area contributed by atoms with Crippen LogP contribution < -0.4 is 16.2 Å². The molecule has 1 saturated heterocycles. The predicted molar refractivity (Wildman–Crippen MR) is 152 cm³/mol. The highest BCUT2D eigenvalue weighted by Gasteiger charge is 2.40. The molecule has 2 heterocycles. The van der Waals surface area contributed by atoms with Crippen molar-refractivity contribution < 1.29 is 18.7 Å². The Morgan fingerprint density at radius 3 is 2.42 bits per heavy atom. The number of methoxy groups -OCH3 is 1. The van der Waals surface area contributed by atoms with Crippen molar-refractivity contribution >= 4 is 34.9 Å². The molecule has 3 amide bonds. The van der Waals surface area contributed by atoms with Gasteiger partial charge in [0.15, 0.2) is 0 Å². The highest BCUT2D eigenvalue weighted by Crippen LogP contribution is 2.25. The van der Waals surface area contributed by atoms with E-state index in [4.69, 9.17) is 16.3 Å². The lowest BCUT2D eigenvalue weighted by atomic mass is 10.1. The smallest absolute Gasteiger partial charge is 0.322 e. The van der Waals surface area contributed by atoms with Crippen LogP contribution >= 0.6 is 11.6 Å². The molecule has 0 saturated carbocycles. The molecular weight excluding hydrogens is 535 g/mol. The Hall–Kier alpha value is -4.47. The minimum atomic E-state index is -0.887. The lowest BCUT2D eigenvalue weighted by molar-refractivity contribution is -0.119. The topological polar surface area (TPSA) is 92.7 Å². The summed E-state index contributed by atoms with van der Waals surface area (Å²) in [5, 5.41) is 5.86. The van der Waals surface area contributed by atoms with E-state index in [0.29, 0.717) is 22.0 Å². The fraction of sp³-hybridized carbons (Fsp3) is 0.167. The third-order valence-electron chi connectivity index (χ3n) is 6.78. The molecule has 0 spiro atoms. The molecule has 5 rings (SSSR count). The number of amides is 3. The van der Waals surface area contributed by atoms with Crippen LogP contribution in [-0.4, -0.2) is 47.2 Å². The molecule has 1 aliphatic heterocycles. The van der Waals surface area contributed by atoms with Crippen molar-refractivity contribution in [3.8, 4) is 16.8 Å². The number of hydrogen-bond donors (Lipinski definition) is 2. The molecule has 204 valence electrons. The first-order chi connectivity index (χ1) is 19.3. The maximum absolute atomic E-state index is 15.2. The van der Waals surface area contributed by atoms with Crippen LogP contribution in [-0.2, 0) is 9.53 Å². The number of aromatic nitrogens is 1. The van der Waals surface area contributed by atoms with Crippen LogP contribution in [0.1, 0.15) is 6.42 Å². The molecule has 1 fully saturated rings. The Bertz CT molecular complexity index is 1590. The van der Waals surface area contributed by atoms with E-state index in [9.17, 15) is 14.4 Å². The van der Waals surface area contributed by atoms with Crippen molar-refractivity contribution in [3.05, 3.63) is 112 Å². The van der Waals surface area contributed by atoms with Crippen LogP contribution in [0.25, 0.3) is 16.8 Å². The summed E-state index contributed by atoms with van der Waals surface area (Å²) in [6, 6.07) is 22.0. The summed E-state index contributed by atoms with van der Waals surface area (Å²) in [6.07, 6.45) is 1.45. The molecule has 8 nitrogen and oxygen atoms in total. The zero-order valence-electron chi connectivity index (χ0n) is 21.5. The SMILES string of the molecule is CO[C@@H]1C[C@H](C(=O)Nc2ccc(-n3cccc(-c4ccccc4)c3=O)cc2F)N(C(=O)Nc2ccc(Cl)cc2)C1. The number of pyridine rings is 1. The monoisotopic (exact) mass is 560 g/mol. The lowest BCUT2D eigenvalue weighted by Crippen LogP contribution is -2.45. The first kappa shape index (κ1) is 27.1. The van der Waals surface area contributed by atoms with E-state index in [2.05, 4.69) is 10.6 Å². The lowest BCUT2D eigenvalue weighted by Gasteiger charge is -2.24. The van der Waals surface area contributed by atoms with Gasteiger partial charge in [-0.1, -0.05) is 41.9 Å². The number of hydrogen-bond acceptors (Lipinski definition) is 4. The largest absolute Gasteiger partial charge is 0.380 e. The van der Waals surface area contributed by atoms with Gasteiger partial charge in [-0.15, -0.1) is 0 Å². The van der Waals surface area contributed by atoms with E-state index in [-0.39, 0.29) is 30.3 Å². The molecule has 2 N–H and O–H groups in total. The molecule has 1 aliphatic rings. The summed E-state index contributed by atoms with van der Waals surface area (Å²) >= 11 is 5.91. The quantitative estimate of drug-likeness (QED) is 0.323. The Labute approximate surface area is 235 Å². The molecule has 0 unspecified atom stereocenters. The van der Waals surface area contributed by atoms with Gasteiger partial charge in [0, 0.05) is 48.6 Å². The van der Waals surface area contributed by atoms with Crippen LogP contribution in [0.3, 0.4) is 0 Å². The van der Waals surface area contributed by atoms with E-state index in [1.807, 2.05) is 30.3 Å². The van der Waals surface area contributed by atoms with Crippen LogP contribution in [0.15, 0.2) is 95.9 Å². The molecular formula is C30H26ClFN4O4. The van der Waals surface area contributed by atoms with Gasteiger partial charge in [0.1, 0.15) is 11.9 Å². The van der Waals surface area contributed by atoms with Gasteiger partial charge < -0.3 is 20.3 Å². The third kappa shape index (κ3) is 5.75. The summed E-state index contributed by atoms with van der Waals surface area (Å²) < 4.78 is 21.9. The van der Waals surface area contributed by atoms with E-state index >= 15 is 4.39 Å². The van der Waals surface area contributed by atoms with Crippen LogP contribution in [0.5, 0.6) is 0 Å². The summed E-state index contributed by atoms with van der Waals surface area (Å²) in [6.45, 7) is 0.191. The molecule has 3 aromatic carbocycles. The molecule has 10 heteroatoms. The highest BCUT2D eigenvalue weighted by atomic mass is 35.5. The van der Waals surface area contributed by atoms with Crippen molar-refractivity contribution in [1.82, 2.24) is 9.47 Å². The second-order valence-electron chi connectivity index (χ2n) is 9.32. The molecule has 0 radical (unpaired) electrons. The van der Waals surface area contributed by atoms with Crippen molar-refractivity contribution in [3.63, 3.8) is 0 Å². The predicted octanol–water partition coefficient (Wildman–Crippen LogP) is 5.56. The number of nitrogens with zero attached hydrogens (tertiary/aromatic N) is 2. The summed E-state index contributed by atoms with van der Waals surface area (Å²) in [4.78, 5) is 40.7.